The maximum Gasteiger partial charge on any atom is 0.294 e. The van der Waals surface area contributed by atoms with Crippen LogP contribution in [0.3, 0.4) is 0 Å². The van der Waals surface area contributed by atoms with Gasteiger partial charge in [0, 0.05) is 151 Å². The average Bonchev–Trinajstić information content (AvgIpc) is 1.73. The maximum absolute atomic E-state index is 13.0. The molecule has 0 spiro atoms. The minimum Gasteiger partial charge on any atom is -0.340 e. The van der Waals surface area contributed by atoms with Gasteiger partial charge in [0.15, 0.2) is 11.6 Å². The topological polar surface area (TPSA) is 205 Å². The average molecular weight is 1300 g/mol. The molecular formula is C66H83Cl2N7O10S3. The van der Waals surface area contributed by atoms with Crippen molar-refractivity contribution in [2.45, 2.75) is 96.3 Å². The summed E-state index contributed by atoms with van der Waals surface area (Å²) < 4.78 is 67.8. The number of fused-ring (bicyclic) bond motifs is 2. The molecule has 2 N–H and O–H groups in total. The number of carbonyl (C=O) groups is 4. The fraction of sp³-hybridized carbons (Fsp3) is 0.394. The van der Waals surface area contributed by atoms with Gasteiger partial charge in [-0.15, -0.1) is 0 Å². The highest BCUT2D eigenvalue weighted by Crippen LogP contribution is 2.24. The van der Waals surface area contributed by atoms with Crippen molar-refractivity contribution in [3.63, 3.8) is 0 Å². The fourth-order valence-electron chi connectivity index (χ4n) is 10.7. The van der Waals surface area contributed by atoms with Crippen LogP contribution in [0.2, 0.25) is 0 Å². The highest BCUT2D eigenvalue weighted by atomic mass is 36.0. The molecule has 4 aliphatic rings. The Hall–Kier alpha value is -6.01. The van der Waals surface area contributed by atoms with E-state index in [1.807, 2.05) is 53.4 Å². The van der Waals surface area contributed by atoms with E-state index in [0.717, 1.165) is 83.9 Å². The zero-order valence-electron chi connectivity index (χ0n) is 51.0. The molecule has 4 heterocycles. The van der Waals surface area contributed by atoms with Gasteiger partial charge in [-0.3, -0.25) is 33.5 Å². The first-order chi connectivity index (χ1) is 42.1. The molecular weight excluding hydrogens is 1220 g/mol. The van der Waals surface area contributed by atoms with Crippen LogP contribution in [-0.4, -0.2) is 163 Å². The Kier molecular flexibility index (Phi) is 28.6. The standard InChI is InChI=1S/C30H33N3O4S.C24H23NO4S.C6H12N2O.C6H15N.Cl2OS/c1-23(34)32-16-18-33(19-17-32)38(36,37)29-12-8-24(9-13-29)20-30(35)27-10-6-25(7-11-27)21-31-15-14-26-4-2-3-5-28(26)22-31;26-24(15-18-7-11-23(12-8-18)30(27,28)29)21-9-5-19(6-10-21)16-25-14-13-20-3-1-2-4-22(20)17-25;1-6(9)8-4-2-7-3-5-8;1-4-7(5-2)6-3;1-4(2)3/h2-13H,14-22H2,1H3;1-12H,13-17H2,(H,27,28,29);7H,2-5H2,1H3;4-6H2,1-3H3;. The van der Waals surface area contributed by atoms with E-state index in [4.69, 9.17) is 8.76 Å². The van der Waals surface area contributed by atoms with Crippen LogP contribution < -0.4 is 5.32 Å². The number of hydrogen-bond donors (Lipinski definition) is 2. The summed E-state index contributed by atoms with van der Waals surface area (Å²) >= 11 is 0. The molecule has 22 heteroatoms. The van der Waals surface area contributed by atoms with Gasteiger partial charge in [-0.2, -0.15) is 12.7 Å². The number of Topliss-reactive ketones (excluding diaryl/α,β-unsaturated/α-hetero) is 2. The molecule has 0 aromatic heterocycles. The minimum absolute atomic E-state index is 0.000545. The zero-order valence-corrected chi connectivity index (χ0v) is 55.0. The Morgan fingerprint density at radius 2 is 0.852 bits per heavy atom. The van der Waals surface area contributed by atoms with Crippen LogP contribution in [-0.2, 0) is 90.8 Å². The van der Waals surface area contributed by atoms with Gasteiger partial charge in [-0.05, 0) is 101 Å². The number of ketones is 2. The van der Waals surface area contributed by atoms with Gasteiger partial charge in [-0.1, -0.05) is 142 Å². The number of benzene rings is 6. The van der Waals surface area contributed by atoms with E-state index < -0.39 is 29.4 Å². The van der Waals surface area contributed by atoms with Crippen molar-refractivity contribution < 1.29 is 44.8 Å². The van der Waals surface area contributed by atoms with E-state index in [9.17, 15) is 36.0 Å². The van der Waals surface area contributed by atoms with Crippen LogP contribution in [0.1, 0.15) is 99.8 Å². The predicted molar refractivity (Wildman–Crippen MR) is 350 cm³/mol. The third-order valence-corrected chi connectivity index (χ3v) is 18.7. The molecule has 0 atom stereocenters. The van der Waals surface area contributed by atoms with Crippen molar-refractivity contribution in [3.8, 4) is 0 Å². The first-order valence-electron chi connectivity index (χ1n) is 29.7. The van der Waals surface area contributed by atoms with Crippen LogP contribution in [0, 0.1) is 0 Å². The summed E-state index contributed by atoms with van der Waals surface area (Å²) in [6, 6.07) is 44.9. The second-order valence-corrected chi connectivity index (χ2v) is 27.7. The quantitative estimate of drug-likeness (QED) is 0.0527. The predicted octanol–water partition coefficient (Wildman–Crippen LogP) is 9.27. The molecule has 0 aliphatic carbocycles. The SMILES string of the molecule is CC(=O)N1CCN(S(=O)(=O)c2ccc(CC(=O)c3ccc(CN4CCc5ccccc5C4)cc3)cc2)CC1.CC(=O)N1CCNCC1.CCN(CC)CC.O=C(Cc1ccc(S(=O)(=O)O)cc1)c1ccc(CN2CCc3ccccc3C2)cc1.O=S(Cl)Cl. The first kappa shape index (κ1) is 71.1. The van der Waals surface area contributed by atoms with Crippen molar-refractivity contribution in [1.82, 2.24) is 34.1 Å². The highest BCUT2D eigenvalue weighted by Gasteiger charge is 2.29. The first-order valence-corrected chi connectivity index (χ1v) is 35.4. The van der Waals surface area contributed by atoms with Crippen molar-refractivity contribution in [2.75, 3.05) is 85.1 Å². The third kappa shape index (κ3) is 22.8. The van der Waals surface area contributed by atoms with E-state index in [-0.39, 0.29) is 59.1 Å². The van der Waals surface area contributed by atoms with Crippen LogP contribution in [0.4, 0.5) is 0 Å². The lowest BCUT2D eigenvalue weighted by Gasteiger charge is -2.33. The monoisotopic (exact) mass is 1300 g/mol. The molecule has 0 unspecified atom stereocenters. The van der Waals surface area contributed by atoms with Crippen LogP contribution in [0.15, 0.2) is 155 Å². The summed E-state index contributed by atoms with van der Waals surface area (Å²) in [6.07, 6.45) is 2.50. The fourth-order valence-corrected chi connectivity index (χ4v) is 12.6. The Bertz CT molecular complexity index is 3460. The van der Waals surface area contributed by atoms with Gasteiger partial charge < -0.3 is 20.0 Å². The van der Waals surface area contributed by atoms with Gasteiger partial charge in [-0.25, -0.2) is 12.6 Å². The van der Waals surface area contributed by atoms with Crippen molar-refractivity contribution in [2.24, 2.45) is 0 Å². The zero-order chi connectivity index (χ0) is 63.8. The molecule has 0 saturated carbocycles. The molecule has 2 saturated heterocycles. The van der Waals surface area contributed by atoms with E-state index in [1.54, 1.807) is 48.2 Å². The Morgan fingerprint density at radius 1 is 0.500 bits per heavy atom. The second-order valence-electron chi connectivity index (χ2n) is 21.8. The van der Waals surface area contributed by atoms with E-state index in [1.165, 1.54) is 76.4 Å². The molecule has 6 aromatic rings. The number of rotatable bonds is 16. The number of amides is 2. The van der Waals surface area contributed by atoms with E-state index in [2.05, 4.69) is 111 Å². The van der Waals surface area contributed by atoms with E-state index >= 15 is 0 Å². The lowest BCUT2D eigenvalue weighted by molar-refractivity contribution is -0.130. The van der Waals surface area contributed by atoms with Crippen LogP contribution in [0.25, 0.3) is 0 Å². The number of nitrogens with one attached hydrogen (secondary N) is 1. The lowest BCUT2D eigenvalue weighted by atomic mass is 9.99. The molecule has 10 rings (SSSR count). The van der Waals surface area contributed by atoms with Gasteiger partial charge >= 0.3 is 0 Å². The smallest absolute Gasteiger partial charge is 0.294 e. The molecule has 17 nitrogen and oxygen atoms in total. The summed E-state index contributed by atoms with van der Waals surface area (Å²) in [6.45, 7) is 23.8. The summed E-state index contributed by atoms with van der Waals surface area (Å²) in [5.41, 5.74) is 10.7. The second kappa shape index (κ2) is 35.4. The largest absolute Gasteiger partial charge is 0.340 e. The summed E-state index contributed by atoms with van der Waals surface area (Å²) in [5, 5.41) is 3.18. The summed E-state index contributed by atoms with van der Waals surface area (Å²) in [5.74, 6) is 0.114. The number of nitrogens with zero attached hydrogens (tertiary/aromatic N) is 6. The van der Waals surface area contributed by atoms with Crippen molar-refractivity contribution >= 4 is 74.1 Å². The highest BCUT2D eigenvalue weighted by molar-refractivity contribution is 8.26. The number of halogens is 2. The number of sulfonamides is 1. The van der Waals surface area contributed by atoms with Gasteiger partial charge in [0.25, 0.3) is 10.1 Å². The van der Waals surface area contributed by atoms with Gasteiger partial charge in [0.2, 0.25) is 31.1 Å². The maximum atomic E-state index is 13.0. The summed E-state index contributed by atoms with van der Waals surface area (Å²) in [7, 11) is -0.500. The van der Waals surface area contributed by atoms with Gasteiger partial charge in [0.05, 0.1) is 9.79 Å². The Balaban J connectivity index is 0.000000217. The molecule has 4 aliphatic heterocycles. The number of carbonyl (C=O) groups excluding carboxylic acids is 4. The Morgan fingerprint density at radius 3 is 1.19 bits per heavy atom. The molecule has 474 valence electrons. The minimum atomic E-state index is -4.22. The van der Waals surface area contributed by atoms with Crippen molar-refractivity contribution in [1.29, 1.82) is 0 Å². The molecule has 88 heavy (non-hydrogen) atoms. The number of hydrogen-bond acceptors (Lipinski definition) is 13. The van der Waals surface area contributed by atoms with Crippen LogP contribution >= 0.6 is 21.4 Å². The lowest BCUT2D eigenvalue weighted by Crippen LogP contribution is -2.49. The molecule has 0 bridgehead atoms. The third-order valence-electron chi connectivity index (χ3n) is 15.9. The molecule has 0 radical (unpaired) electrons. The van der Waals surface area contributed by atoms with Crippen LogP contribution in [0.5, 0.6) is 0 Å². The number of piperazine rings is 2. The van der Waals surface area contributed by atoms with E-state index in [0.29, 0.717) is 29.8 Å². The van der Waals surface area contributed by atoms with Gasteiger partial charge in [0.1, 0.15) is 0 Å². The molecule has 2 amide bonds. The van der Waals surface area contributed by atoms with Crippen molar-refractivity contribution in [3.05, 3.63) is 201 Å². The Labute approximate surface area is 532 Å². The molecule has 6 aromatic carbocycles. The molecule has 2 fully saturated rings. The summed E-state index contributed by atoms with van der Waals surface area (Å²) in [4.78, 5) is 58.4. The normalized spacial score (nSPS) is 15.3.